The maximum atomic E-state index is 10.2. The molecule has 29 heavy (non-hydrogen) atoms. The van der Waals surface area contributed by atoms with Gasteiger partial charge in [0.15, 0.2) is 16.6 Å². The van der Waals surface area contributed by atoms with Crippen LogP contribution in [-0.4, -0.2) is 22.8 Å². The van der Waals surface area contributed by atoms with E-state index in [1.54, 1.807) is 7.11 Å². The average molecular weight is 540 g/mol. The summed E-state index contributed by atoms with van der Waals surface area (Å²) in [5.41, 5.74) is 3.56. The minimum atomic E-state index is -0.233. The van der Waals surface area contributed by atoms with E-state index < -0.39 is 0 Å². The Labute approximate surface area is 190 Å². The van der Waals surface area contributed by atoms with Gasteiger partial charge in [0, 0.05) is 39.5 Å². The van der Waals surface area contributed by atoms with Crippen molar-refractivity contribution in [1.82, 2.24) is 4.98 Å². The van der Waals surface area contributed by atoms with Crippen molar-refractivity contribution in [3.8, 4) is 28.5 Å². The number of methoxy groups -OCH3 is 1. The van der Waals surface area contributed by atoms with Crippen LogP contribution in [0.1, 0.15) is 25.0 Å². The number of thiazole rings is 1. The molecule has 0 spiro atoms. The number of halogens is 2. The average Bonchev–Trinajstić information content (AvgIpc) is 3.25. The van der Waals surface area contributed by atoms with Gasteiger partial charge in [-0.25, -0.2) is 4.98 Å². The van der Waals surface area contributed by atoms with Gasteiger partial charge >= 0.3 is 0 Å². The van der Waals surface area contributed by atoms with Gasteiger partial charge in [-0.15, -0.1) is 11.3 Å². The highest BCUT2D eigenvalue weighted by Crippen LogP contribution is 2.44. The van der Waals surface area contributed by atoms with Crippen molar-refractivity contribution in [3.63, 3.8) is 0 Å². The highest BCUT2D eigenvalue weighted by molar-refractivity contribution is 9.11. The van der Waals surface area contributed by atoms with E-state index in [2.05, 4.69) is 57.1 Å². The molecule has 4 rings (SSSR count). The number of nitrogens with one attached hydrogen (secondary N) is 1. The van der Waals surface area contributed by atoms with Gasteiger partial charge in [0.1, 0.15) is 11.4 Å². The standard InChI is InChI=1S/C21H20Br2N2O3S/c1-21(2)8-12-4-11(6-17(27-3)19(12)28-21)16-10-29-20(25-16)24-9-13-5-14(22)7-15(23)18(13)26/h4-7,10,26H,8-9H2,1-3H3,(H,24,25). The number of phenols is 1. The maximum absolute atomic E-state index is 10.2. The zero-order chi connectivity index (χ0) is 20.8. The van der Waals surface area contributed by atoms with E-state index >= 15 is 0 Å². The Bertz CT molecular complexity index is 1080. The molecule has 0 atom stereocenters. The molecule has 0 fully saturated rings. The van der Waals surface area contributed by atoms with Crippen molar-refractivity contribution in [3.05, 3.63) is 49.7 Å². The monoisotopic (exact) mass is 538 g/mol. The summed E-state index contributed by atoms with van der Waals surface area (Å²) in [5.74, 6) is 1.78. The van der Waals surface area contributed by atoms with Crippen LogP contribution in [0.5, 0.6) is 17.2 Å². The summed E-state index contributed by atoms with van der Waals surface area (Å²) >= 11 is 8.34. The molecule has 1 aromatic heterocycles. The topological polar surface area (TPSA) is 63.6 Å². The van der Waals surface area contributed by atoms with E-state index in [-0.39, 0.29) is 11.4 Å². The van der Waals surface area contributed by atoms with Crippen molar-refractivity contribution in [1.29, 1.82) is 0 Å². The van der Waals surface area contributed by atoms with E-state index in [0.717, 1.165) is 49.9 Å². The molecule has 0 bridgehead atoms. The van der Waals surface area contributed by atoms with Crippen molar-refractivity contribution in [2.24, 2.45) is 0 Å². The summed E-state index contributed by atoms with van der Waals surface area (Å²) in [6.45, 7) is 4.62. The molecule has 8 heteroatoms. The predicted octanol–water partition coefficient (Wildman–Crippen LogP) is 6.37. The van der Waals surface area contributed by atoms with Gasteiger partial charge in [-0.2, -0.15) is 0 Å². The van der Waals surface area contributed by atoms with E-state index in [0.29, 0.717) is 11.0 Å². The molecule has 3 aromatic rings. The zero-order valence-electron chi connectivity index (χ0n) is 16.2. The Hall–Kier alpha value is -1.77. The van der Waals surface area contributed by atoms with Gasteiger partial charge in [-0.3, -0.25) is 0 Å². The molecule has 1 aliphatic rings. The Morgan fingerprint density at radius 2 is 2.07 bits per heavy atom. The quantitative estimate of drug-likeness (QED) is 0.394. The first-order valence-corrected chi connectivity index (χ1v) is 11.5. The lowest BCUT2D eigenvalue weighted by Crippen LogP contribution is -2.24. The van der Waals surface area contributed by atoms with Crippen molar-refractivity contribution in [2.75, 3.05) is 12.4 Å². The van der Waals surface area contributed by atoms with Crippen molar-refractivity contribution >= 4 is 48.3 Å². The van der Waals surface area contributed by atoms with Crippen LogP contribution in [-0.2, 0) is 13.0 Å². The van der Waals surface area contributed by atoms with Gasteiger partial charge in [0.25, 0.3) is 0 Å². The van der Waals surface area contributed by atoms with Crippen LogP contribution in [0.15, 0.2) is 38.6 Å². The first-order valence-electron chi connectivity index (χ1n) is 9.02. The number of aromatic hydroxyl groups is 1. The molecule has 2 aromatic carbocycles. The number of fused-ring (bicyclic) bond motifs is 1. The number of rotatable bonds is 5. The molecule has 152 valence electrons. The lowest BCUT2D eigenvalue weighted by molar-refractivity contribution is 0.134. The van der Waals surface area contributed by atoms with E-state index in [1.807, 2.05) is 23.6 Å². The second kappa shape index (κ2) is 7.81. The van der Waals surface area contributed by atoms with Gasteiger partial charge < -0.3 is 19.9 Å². The zero-order valence-corrected chi connectivity index (χ0v) is 20.2. The summed E-state index contributed by atoms with van der Waals surface area (Å²) < 4.78 is 13.2. The number of aromatic nitrogens is 1. The number of nitrogens with zero attached hydrogens (tertiary/aromatic N) is 1. The second-order valence-corrected chi connectivity index (χ2v) is 10.1. The lowest BCUT2D eigenvalue weighted by Gasteiger charge is -2.17. The van der Waals surface area contributed by atoms with Gasteiger partial charge in [0.2, 0.25) is 0 Å². The fraction of sp³-hybridized carbons (Fsp3) is 0.286. The largest absolute Gasteiger partial charge is 0.506 e. The molecule has 0 saturated carbocycles. The molecule has 2 heterocycles. The van der Waals surface area contributed by atoms with Crippen LogP contribution in [0.4, 0.5) is 5.13 Å². The number of phenolic OH excluding ortho intramolecular Hbond substituents is 1. The molecular weight excluding hydrogens is 520 g/mol. The third-order valence-corrected chi connectivity index (χ3v) is 6.55. The Balaban J connectivity index is 1.56. The second-order valence-electron chi connectivity index (χ2n) is 7.49. The van der Waals surface area contributed by atoms with Crippen molar-refractivity contribution < 1.29 is 14.6 Å². The van der Waals surface area contributed by atoms with Crippen LogP contribution >= 0.6 is 43.2 Å². The van der Waals surface area contributed by atoms with Crippen LogP contribution in [0.25, 0.3) is 11.3 Å². The fourth-order valence-corrected chi connectivity index (χ4v) is 5.42. The van der Waals surface area contributed by atoms with E-state index in [4.69, 9.17) is 14.5 Å². The van der Waals surface area contributed by atoms with Gasteiger partial charge in [-0.05, 0) is 54.0 Å². The summed E-state index contributed by atoms with van der Waals surface area (Å²) in [5, 5.41) is 16.3. The Kier molecular flexibility index (Phi) is 5.52. The van der Waals surface area contributed by atoms with Crippen molar-refractivity contribution in [2.45, 2.75) is 32.4 Å². The predicted molar refractivity (Wildman–Crippen MR) is 123 cm³/mol. The highest BCUT2D eigenvalue weighted by Gasteiger charge is 2.33. The number of benzene rings is 2. The highest BCUT2D eigenvalue weighted by atomic mass is 79.9. The minimum Gasteiger partial charge on any atom is -0.506 e. The summed E-state index contributed by atoms with van der Waals surface area (Å²) in [6.07, 6.45) is 0.832. The van der Waals surface area contributed by atoms with E-state index in [1.165, 1.54) is 11.3 Å². The molecule has 2 N–H and O–H groups in total. The summed E-state index contributed by atoms with van der Waals surface area (Å²) in [7, 11) is 1.66. The molecule has 5 nitrogen and oxygen atoms in total. The van der Waals surface area contributed by atoms with Gasteiger partial charge in [-0.1, -0.05) is 15.9 Å². The van der Waals surface area contributed by atoms with Gasteiger partial charge in [0.05, 0.1) is 17.3 Å². The lowest BCUT2D eigenvalue weighted by atomic mass is 9.99. The SMILES string of the molecule is COc1cc(-c2csc(NCc3cc(Br)cc(Br)c3O)n2)cc2c1OC(C)(C)C2. The molecule has 0 amide bonds. The number of hydrogen-bond donors (Lipinski definition) is 2. The van der Waals surface area contributed by atoms with E-state index in [9.17, 15) is 5.11 Å². The first-order chi connectivity index (χ1) is 13.8. The Morgan fingerprint density at radius 1 is 1.28 bits per heavy atom. The third kappa shape index (κ3) is 4.25. The van der Waals surface area contributed by atoms with Crippen LogP contribution in [0, 0.1) is 0 Å². The maximum Gasteiger partial charge on any atom is 0.183 e. The fourth-order valence-electron chi connectivity index (χ4n) is 3.39. The molecular formula is C21H20Br2N2O3S. The smallest absolute Gasteiger partial charge is 0.183 e. The minimum absolute atomic E-state index is 0.225. The number of hydrogen-bond acceptors (Lipinski definition) is 6. The number of ether oxygens (including phenoxy) is 2. The molecule has 0 aliphatic carbocycles. The number of anilines is 1. The Morgan fingerprint density at radius 3 is 2.83 bits per heavy atom. The first kappa shape index (κ1) is 20.5. The van der Waals surface area contributed by atoms with Crippen LogP contribution in [0.3, 0.4) is 0 Å². The normalized spacial score (nSPS) is 14.4. The summed E-state index contributed by atoms with van der Waals surface area (Å²) in [4.78, 5) is 4.71. The van der Waals surface area contributed by atoms with Crippen LogP contribution < -0.4 is 14.8 Å². The van der Waals surface area contributed by atoms with Crippen LogP contribution in [0.2, 0.25) is 0 Å². The molecule has 0 radical (unpaired) electrons. The summed E-state index contributed by atoms with van der Waals surface area (Å²) in [6, 6.07) is 7.79. The molecule has 0 saturated heterocycles. The molecule has 1 aliphatic heterocycles. The molecule has 0 unspecified atom stereocenters. The third-order valence-electron chi connectivity index (χ3n) is 4.68.